The van der Waals surface area contributed by atoms with Gasteiger partial charge >= 0.3 is 6.18 Å². The third-order valence-electron chi connectivity index (χ3n) is 5.12. The van der Waals surface area contributed by atoms with Gasteiger partial charge in [-0.05, 0) is 30.9 Å². The Bertz CT molecular complexity index is 837. The Kier molecular flexibility index (Phi) is 3.92. The Morgan fingerprint density at radius 3 is 2.81 bits per heavy atom. The summed E-state index contributed by atoms with van der Waals surface area (Å²) in [5.74, 6) is -0.570. The third-order valence-corrected chi connectivity index (χ3v) is 5.12. The van der Waals surface area contributed by atoms with E-state index in [1.165, 1.54) is 13.2 Å². The Hall–Kier alpha value is -2.20. The van der Waals surface area contributed by atoms with Gasteiger partial charge in [-0.25, -0.2) is 4.98 Å². The van der Waals surface area contributed by atoms with Gasteiger partial charge in [0.2, 0.25) is 5.95 Å². The molecular formula is C16H17F4N5O. The summed E-state index contributed by atoms with van der Waals surface area (Å²) in [6.07, 6.45) is -2.48. The minimum Gasteiger partial charge on any atom is -0.361 e. The van der Waals surface area contributed by atoms with Crippen molar-refractivity contribution < 1.29 is 22.7 Å². The van der Waals surface area contributed by atoms with Crippen LogP contribution in [0.2, 0.25) is 0 Å². The van der Waals surface area contributed by atoms with Gasteiger partial charge in [0.15, 0.2) is 12.2 Å². The van der Waals surface area contributed by atoms with Crippen molar-refractivity contribution in [2.24, 2.45) is 7.05 Å². The van der Waals surface area contributed by atoms with Gasteiger partial charge in [0.05, 0.1) is 0 Å². The van der Waals surface area contributed by atoms with Gasteiger partial charge in [-0.2, -0.15) is 22.7 Å². The molecule has 2 aliphatic heterocycles. The number of rotatable bonds is 3. The van der Waals surface area contributed by atoms with E-state index < -0.39 is 24.2 Å². The molecule has 2 aromatic rings. The number of aryl methyl sites for hydroxylation is 1. The molecule has 3 atom stereocenters. The second kappa shape index (κ2) is 5.92. The van der Waals surface area contributed by atoms with Gasteiger partial charge in [0.1, 0.15) is 5.69 Å². The van der Waals surface area contributed by atoms with Crippen LogP contribution in [0.1, 0.15) is 35.7 Å². The number of pyridine rings is 1. The van der Waals surface area contributed by atoms with Crippen LogP contribution < -0.4 is 5.32 Å². The summed E-state index contributed by atoms with van der Waals surface area (Å²) in [6.45, 7) is 0. The second-order valence-corrected chi connectivity index (χ2v) is 6.62. The van der Waals surface area contributed by atoms with Crippen molar-refractivity contribution in [3.8, 4) is 0 Å². The van der Waals surface area contributed by atoms with E-state index in [0.717, 1.165) is 29.2 Å². The van der Waals surface area contributed by atoms with Crippen LogP contribution in [0.25, 0.3) is 0 Å². The number of fused-ring (bicyclic) bond motifs is 4. The molecule has 0 amide bonds. The Balaban J connectivity index is 1.57. The van der Waals surface area contributed by atoms with Crippen molar-refractivity contribution in [2.75, 3.05) is 5.32 Å². The molecule has 0 aliphatic carbocycles. The second-order valence-electron chi connectivity index (χ2n) is 6.62. The largest absolute Gasteiger partial charge is 0.433 e. The number of nitrogens with zero attached hydrogens (tertiary/aromatic N) is 4. The minimum atomic E-state index is -4.53. The van der Waals surface area contributed by atoms with E-state index in [-0.39, 0.29) is 17.9 Å². The molecule has 4 rings (SSSR count). The van der Waals surface area contributed by atoms with Crippen molar-refractivity contribution in [1.29, 1.82) is 0 Å². The van der Waals surface area contributed by atoms with E-state index in [1.807, 2.05) is 0 Å². The normalized spacial score (nSPS) is 23.8. The number of anilines is 1. The lowest BCUT2D eigenvalue weighted by Crippen LogP contribution is -2.48. The lowest BCUT2D eigenvalue weighted by molar-refractivity contribution is -0.143. The van der Waals surface area contributed by atoms with Gasteiger partial charge < -0.3 is 10.4 Å². The maximum atomic E-state index is 14.0. The van der Waals surface area contributed by atoms with Crippen LogP contribution in [-0.2, 0) is 19.6 Å². The van der Waals surface area contributed by atoms with Crippen molar-refractivity contribution >= 4 is 5.82 Å². The van der Waals surface area contributed by atoms with Crippen molar-refractivity contribution in [3.05, 3.63) is 41.1 Å². The molecule has 1 fully saturated rings. The SMILES string of the molecule is Cn1nc(NC(O)N2[C@H]3CC[C@@H]2c2ccnc(F)c2C3)cc1C(F)(F)F. The molecule has 2 aliphatic rings. The zero-order valence-corrected chi connectivity index (χ0v) is 13.8. The van der Waals surface area contributed by atoms with Gasteiger partial charge in [-0.15, -0.1) is 0 Å². The number of hydrogen-bond donors (Lipinski definition) is 2. The van der Waals surface area contributed by atoms with Crippen LogP contribution >= 0.6 is 0 Å². The van der Waals surface area contributed by atoms with Crippen LogP contribution in [0.15, 0.2) is 18.3 Å². The van der Waals surface area contributed by atoms with Crippen molar-refractivity contribution in [2.45, 2.75) is 43.9 Å². The highest BCUT2D eigenvalue weighted by molar-refractivity contribution is 5.39. The van der Waals surface area contributed by atoms with Gasteiger partial charge in [-0.3, -0.25) is 9.58 Å². The highest BCUT2D eigenvalue weighted by atomic mass is 19.4. The highest BCUT2D eigenvalue weighted by Crippen LogP contribution is 2.45. The Morgan fingerprint density at radius 1 is 1.35 bits per heavy atom. The molecule has 2 bridgehead atoms. The molecule has 0 saturated carbocycles. The van der Waals surface area contributed by atoms with E-state index in [2.05, 4.69) is 15.4 Å². The average Bonchev–Trinajstić information content (AvgIpc) is 3.07. The summed E-state index contributed by atoms with van der Waals surface area (Å²) < 4.78 is 53.3. The van der Waals surface area contributed by atoms with Crippen molar-refractivity contribution in [1.82, 2.24) is 19.7 Å². The molecule has 1 saturated heterocycles. The summed E-state index contributed by atoms with van der Waals surface area (Å²) in [5, 5.41) is 17.0. The maximum absolute atomic E-state index is 14.0. The van der Waals surface area contributed by atoms with Gasteiger partial charge in [0, 0.05) is 37.0 Å². The zero-order chi connectivity index (χ0) is 18.6. The fraction of sp³-hybridized carbons (Fsp3) is 0.500. The van der Waals surface area contributed by atoms with Crippen LogP contribution in [-0.4, -0.2) is 37.2 Å². The number of nitrogens with one attached hydrogen (secondary N) is 1. The molecule has 26 heavy (non-hydrogen) atoms. The van der Waals surface area contributed by atoms with Crippen LogP contribution in [0.4, 0.5) is 23.4 Å². The van der Waals surface area contributed by atoms with Crippen molar-refractivity contribution in [3.63, 3.8) is 0 Å². The maximum Gasteiger partial charge on any atom is 0.433 e. The lowest BCUT2D eigenvalue weighted by atomic mass is 9.95. The van der Waals surface area contributed by atoms with E-state index >= 15 is 0 Å². The molecule has 0 spiro atoms. The first kappa shape index (κ1) is 17.2. The summed E-state index contributed by atoms with van der Waals surface area (Å²) in [4.78, 5) is 5.45. The first-order chi connectivity index (χ1) is 12.3. The number of aromatic nitrogens is 3. The standard InChI is InChI=1S/C16H17F4N5O/c1-24-12(16(18,19)20)7-13(23-24)22-15(26)25-8-2-3-11(25)9-4-5-21-14(17)10(9)6-8/h4-5,7-8,11,15,26H,2-3,6H2,1H3,(H,22,23)/t8-,11+,15?/m0/s1. The zero-order valence-electron chi connectivity index (χ0n) is 13.8. The van der Waals surface area contributed by atoms with E-state index in [9.17, 15) is 22.7 Å². The topological polar surface area (TPSA) is 66.2 Å². The number of aliphatic hydroxyl groups is 1. The van der Waals surface area contributed by atoms with E-state index in [1.54, 1.807) is 11.0 Å². The Morgan fingerprint density at radius 2 is 2.12 bits per heavy atom. The molecule has 2 N–H and O–H groups in total. The molecule has 0 radical (unpaired) electrons. The fourth-order valence-electron chi connectivity index (χ4n) is 4.04. The van der Waals surface area contributed by atoms with Gasteiger partial charge in [0.25, 0.3) is 0 Å². The number of halogens is 4. The lowest BCUT2D eigenvalue weighted by Gasteiger charge is -2.39. The van der Waals surface area contributed by atoms with Crippen LogP contribution in [0.5, 0.6) is 0 Å². The minimum absolute atomic E-state index is 0.0709. The molecule has 6 nitrogen and oxygen atoms in total. The fourth-order valence-corrected chi connectivity index (χ4v) is 4.04. The first-order valence-electron chi connectivity index (χ1n) is 8.22. The molecule has 4 heterocycles. The third kappa shape index (κ3) is 2.73. The van der Waals surface area contributed by atoms with Crippen LogP contribution in [0, 0.1) is 5.95 Å². The van der Waals surface area contributed by atoms with E-state index in [4.69, 9.17) is 0 Å². The summed E-state index contributed by atoms with van der Waals surface area (Å²) >= 11 is 0. The number of aliphatic hydroxyl groups excluding tert-OH is 1. The molecule has 2 aromatic heterocycles. The quantitative estimate of drug-likeness (QED) is 0.493. The molecular weight excluding hydrogens is 354 g/mol. The smallest absolute Gasteiger partial charge is 0.361 e. The Labute approximate surface area is 146 Å². The first-order valence-corrected chi connectivity index (χ1v) is 8.22. The molecule has 1 unspecified atom stereocenters. The molecule has 140 valence electrons. The number of hydrogen-bond acceptors (Lipinski definition) is 5. The predicted molar refractivity (Wildman–Crippen MR) is 83.3 cm³/mol. The average molecular weight is 371 g/mol. The monoisotopic (exact) mass is 371 g/mol. The van der Waals surface area contributed by atoms with Gasteiger partial charge in [-0.1, -0.05) is 0 Å². The summed E-state index contributed by atoms with van der Waals surface area (Å²) in [7, 11) is 1.19. The molecule has 10 heteroatoms. The molecule has 0 aromatic carbocycles. The predicted octanol–water partition coefficient (Wildman–Crippen LogP) is 2.42. The summed E-state index contributed by atoms with van der Waals surface area (Å²) in [6, 6.07) is 2.26. The number of alkyl halides is 3. The van der Waals surface area contributed by atoms with E-state index in [0.29, 0.717) is 12.0 Å². The highest BCUT2D eigenvalue weighted by Gasteiger charge is 2.44. The summed E-state index contributed by atoms with van der Waals surface area (Å²) in [5.41, 5.74) is 0.414. The van der Waals surface area contributed by atoms with Crippen LogP contribution in [0.3, 0.4) is 0 Å².